The highest BCUT2D eigenvalue weighted by atomic mass is 32.1. The van der Waals surface area contributed by atoms with Gasteiger partial charge in [-0.2, -0.15) is 17.6 Å². The summed E-state index contributed by atoms with van der Waals surface area (Å²) < 4.78 is 53.6. The van der Waals surface area contributed by atoms with Crippen LogP contribution in [0, 0.1) is 5.13 Å². The second kappa shape index (κ2) is 7.26. The molecule has 10 heteroatoms. The minimum Gasteiger partial charge on any atom is -0.342 e. The van der Waals surface area contributed by atoms with Gasteiger partial charge in [0.15, 0.2) is 10.3 Å². The Labute approximate surface area is 175 Å². The van der Waals surface area contributed by atoms with Gasteiger partial charge in [0, 0.05) is 37.7 Å². The van der Waals surface area contributed by atoms with Crippen LogP contribution in [0.4, 0.5) is 28.4 Å². The van der Waals surface area contributed by atoms with Crippen LogP contribution in [0.15, 0.2) is 36.3 Å². The van der Waals surface area contributed by atoms with Crippen LogP contribution in [0.25, 0.3) is 0 Å². The number of nitrogens with zero attached hydrogens (tertiary/aromatic N) is 3. The number of hydrogen-bond acceptors (Lipinski definition) is 5. The lowest BCUT2D eigenvalue weighted by molar-refractivity contribution is -0.137. The van der Waals surface area contributed by atoms with Crippen LogP contribution in [-0.2, 0) is 16.4 Å². The number of carbonyl (C=O) groups excluding carboxylic acids is 1. The zero-order valence-electron chi connectivity index (χ0n) is 16.4. The lowest BCUT2D eigenvalue weighted by Gasteiger charge is -2.27. The Bertz CT molecular complexity index is 1020. The maximum atomic E-state index is 13.4. The van der Waals surface area contributed by atoms with E-state index in [9.17, 15) is 22.4 Å². The molecule has 3 heterocycles. The molecule has 1 saturated heterocycles. The zero-order chi connectivity index (χ0) is 21.7. The van der Waals surface area contributed by atoms with E-state index in [2.05, 4.69) is 10.3 Å². The van der Waals surface area contributed by atoms with Gasteiger partial charge in [-0.25, -0.2) is 4.98 Å². The average Bonchev–Trinajstić information content (AvgIpc) is 3.38. The predicted octanol–water partition coefficient (Wildman–Crippen LogP) is 4.58. The SMILES string of the molecule is CC=C(Nc1ncc(F)s1)N1CC2(CCN(C(C)=O)C2)c2cc(C(F)(F)F)ccc21. The van der Waals surface area contributed by atoms with Crippen molar-refractivity contribution in [2.24, 2.45) is 0 Å². The summed E-state index contributed by atoms with van der Waals surface area (Å²) in [7, 11) is 0. The van der Waals surface area contributed by atoms with Crippen molar-refractivity contribution in [2.45, 2.75) is 31.9 Å². The number of allylic oxidation sites excluding steroid dienone is 1. The number of thiazole rings is 1. The van der Waals surface area contributed by atoms with Crippen LogP contribution in [0.3, 0.4) is 0 Å². The molecule has 2 aliphatic rings. The van der Waals surface area contributed by atoms with Crippen molar-refractivity contribution in [3.8, 4) is 0 Å². The number of fused-ring (bicyclic) bond motifs is 2. The quantitative estimate of drug-likeness (QED) is 0.710. The molecule has 1 aromatic heterocycles. The highest BCUT2D eigenvalue weighted by molar-refractivity contribution is 7.14. The Morgan fingerprint density at radius 3 is 2.67 bits per heavy atom. The van der Waals surface area contributed by atoms with E-state index in [0.717, 1.165) is 23.6 Å². The molecule has 4 rings (SSSR count). The number of carbonyl (C=O) groups is 1. The van der Waals surface area contributed by atoms with Crippen molar-refractivity contribution in [1.29, 1.82) is 0 Å². The van der Waals surface area contributed by atoms with Crippen molar-refractivity contribution < 1.29 is 22.4 Å². The number of hydrogen-bond donors (Lipinski definition) is 1. The zero-order valence-corrected chi connectivity index (χ0v) is 17.2. The summed E-state index contributed by atoms with van der Waals surface area (Å²) in [5, 5.41) is 2.99. The Hall–Kier alpha value is -2.62. The summed E-state index contributed by atoms with van der Waals surface area (Å²) in [6, 6.07) is 3.74. The Kier molecular flexibility index (Phi) is 5.00. The maximum absolute atomic E-state index is 13.4. The Balaban J connectivity index is 1.75. The van der Waals surface area contributed by atoms with E-state index < -0.39 is 22.3 Å². The second-order valence-electron chi connectivity index (χ2n) is 7.56. The molecule has 0 aliphatic carbocycles. The van der Waals surface area contributed by atoms with E-state index in [1.807, 2.05) is 4.90 Å². The van der Waals surface area contributed by atoms with Crippen molar-refractivity contribution in [3.63, 3.8) is 0 Å². The fourth-order valence-electron chi connectivity index (χ4n) is 4.27. The van der Waals surface area contributed by atoms with Crippen LogP contribution >= 0.6 is 11.3 Å². The van der Waals surface area contributed by atoms with Crippen LogP contribution in [0.1, 0.15) is 31.4 Å². The topological polar surface area (TPSA) is 48.5 Å². The van der Waals surface area contributed by atoms with E-state index in [1.165, 1.54) is 19.1 Å². The van der Waals surface area contributed by atoms with Gasteiger partial charge in [0.25, 0.3) is 0 Å². The van der Waals surface area contributed by atoms with E-state index in [1.54, 1.807) is 17.9 Å². The number of rotatable bonds is 3. The molecule has 1 fully saturated rings. The molecule has 0 saturated carbocycles. The van der Waals surface area contributed by atoms with E-state index >= 15 is 0 Å². The van der Waals surface area contributed by atoms with Crippen LogP contribution in [-0.4, -0.2) is 35.4 Å². The van der Waals surface area contributed by atoms with Gasteiger partial charge in [-0.3, -0.25) is 4.79 Å². The molecular weight excluding hydrogens is 420 g/mol. The molecular formula is C20H20F4N4OS. The average molecular weight is 440 g/mol. The number of likely N-dealkylation sites (tertiary alicyclic amines) is 1. The van der Waals surface area contributed by atoms with Crippen LogP contribution < -0.4 is 10.2 Å². The summed E-state index contributed by atoms with van der Waals surface area (Å²) in [6.45, 7) is 4.52. The van der Waals surface area contributed by atoms with Gasteiger partial charge in [-0.15, -0.1) is 0 Å². The number of alkyl halides is 3. The van der Waals surface area contributed by atoms with Crippen LogP contribution in [0.5, 0.6) is 0 Å². The van der Waals surface area contributed by atoms with Crippen molar-refractivity contribution >= 4 is 28.1 Å². The standard InChI is InChI=1S/C20H20F4N4OS/c1-3-17(26-18-25-9-16(21)30-18)28-11-19(6-7-27(10-19)12(2)29)14-8-13(20(22,23)24)4-5-15(14)28/h3-5,8-9H,6-7,10-11H2,1-2H3,(H,25,26). The minimum absolute atomic E-state index is 0.0958. The van der Waals surface area contributed by atoms with Gasteiger partial charge in [0.05, 0.1) is 11.8 Å². The van der Waals surface area contributed by atoms with E-state index in [-0.39, 0.29) is 5.91 Å². The van der Waals surface area contributed by atoms with Gasteiger partial charge in [-0.1, -0.05) is 11.3 Å². The molecule has 1 aromatic carbocycles. The third-order valence-electron chi connectivity index (χ3n) is 5.72. The lowest BCUT2D eigenvalue weighted by Crippen LogP contribution is -2.38. The molecule has 0 bridgehead atoms. The molecule has 1 spiro atoms. The monoisotopic (exact) mass is 440 g/mol. The maximum Gasteiger partial charge on any atom is 0.416 e. The van der Waals surface area contributed by atoms with Gasteiger partial charge in [0.2, 0.25) is 5.91 Å². The fraction of sp³-hybridized carbons (Fsp3) is 0.400. The molecule has 30 heavy (non-hydrogen) atoms. The third-order valence-corrected chi connectivity index (χ3v) is 6.42. The smallest absolute Gasteiger partial charge is 0.342 e. The van der Waals surface area contributed by atoms with Gasteiger partial charge in [0.1, 0.15) is 5.82 Å². The van der Waals surface area contributed by atoms with E-state index in [0.29, 0.717) is 48.3 Å². The molecule has 1 amide bonds. The van der Waals surface area contributed by atoms with Crippen molar-refractivity contribution in [3.05, 3.63) is 52.6 Å². The van der Waals surface area contributed by atoms with Gasteiger partial charge in [-0.05, 0) is 43.2 Å². The minimum atomic E-state index is -4.46. The lowest BCUT2D eigenvalue weighted by atomic mass is 9.81. The number of amides is 1. The molecule has 1 N–H and O–H groups in total. The number of anilines is 2. The number of benzene rings is 1. The highest BCUT2D eigenvalue weighted by Crippen LogP contribution is 2.49. The first kappa shape index (κ1) is 20.6. The second-order valence-corrected chi connectivity index (χ2v) is 8.54. The largest absolute Gasteiger partial charge is 0.416 e. The summed E-state index contributed by atoms with van der Waals surface area (Å²) in [4.78, 5) is 19.4. The summed E-state index contributed by atoms with van der Waals surface area (Å²) >= 11 is 0.847. The first-order chi connectivity index (χ1) is 14.1. The number of halogens is 4. The molecule has 0 radical (unpaired) electrons. The molecule has 1 atom stereocenters. The van der Waals surface area contributed by atoms with Gasteiger partial charge >= 0.3 is 6.18 Å². The fourth-order valence-corrected chi connectivity index (χ4v) is 4.82. The van der Waals surface area contributed by atoms with Crippen molar-refractivity contribution in [2.75, 3.05) is 29.9 Å². The first-order valence-electron chi connectivity index (χ1n) is 9.42. The van der Waals surface area contributed by atoms with Crippen molar-refractivity contribution in [1.82, 2.24) is 9.88 Å². The Morgan fingerprint density at radius 1 is 1.33 bits per heavy atom. The molecule has 2 aliphatic heterocycles. The molecule has 2 aromatic rings. The number of nitrogens with one attached hydrogen (secondary N) is 1. The van der Waals surface area contributed by atoms with Gasteiger partial charge < -0.3 is 15.1 Å². The summed E-state index contributed by atoms with van der Waals surface area (Å²) in [6.07, 6.45) is -1.00. The first-order valence-corrected chi connectivity index (χ1v) is 10.2. The molecule has 160 valence electrons. The normalized spacial score (nSPS) is 21.5. The summed E-state index contributed by atoms with van der Waals surface area (Å²) in [5.74, 6) is 0.505. The Morgan fingerprint density at radius 2 is 2.10 bits per heavy atom. The molecule has 1 unspecified atom stereocenters. The number of aromatic nitrogens is 1. The predicted molar refractivity (Wildman–Crippen MR) is 107 cm³/mol. The highest BCUT2D eigenvalue weighted by Gasteiger charge is 2.49. The summed E-state index contributed by atoms with van der Waals surface area (Å²) in [5.41, 5.74) is -0.0916. The van der Waals surface area contributed by atoms with E-state index in [4.69, 9.17) is 0 Å². The molecule has 5 nitrogen and oxygen atoms in total. The van der Waals surface area contributed by atoms with Crippen LogP contribution in [0.2, 0.25) is 0 Å². The third kappa shape index (κ3) is 3.53.